The SMILES string of the molecule is COc1cc(Br)cc(/C=C/C=O)c1OC. The fourth-order valence-corrected chi connectivity index (χ4v) is 1.68. The molecule has 0 N–H and O–H groups in total. The van der Waals surface area contributed by atoms with Gasteiger partial charge in [0.2, 0.25) is 0 Å². The number of hydrogen-bond acceptors (Lipinski definition) is 3. The molecule has 0 unspecified atom stereocenters. The molecule has 0 spiro atoms. The van der Waals surface area contributed by atoms with E-state index < -0.39 is 0 Å². The minimum Gasteiger partial charge on any atom is -0.493 e. The molecule has 15 heavy (non-hydrogen) atoms. The Labute approximate surface area is 96.8 Å². The number of allylic oxidation sites excluding steroid dienone is 1. The summed E-state index contributed by atoms with van der Waals surface area (Å²) in [5, 5.41) is 0. The molecule has 0 aromatic heterocycles. The van der Waals surface area contributed by atoms with E-state index in [1.165, 1.54) is 6.08 Å². The second-order valence-electron chi connectivity index (χ2n) is 2.73. The molecular weight excluding hydrogens is 260 g/mol. The number of benzene rings is 1. The van der Waals surface area contributed by atoms with E-state index in [1.807, 2.05) is 6.07 Å². The summed E-state index contributed by atoms with van der Waals surface area (Å²) in [4.78, 5) is 10.2. The lowest BCUT2D eigenvalue weighted by molar-refractivity contribution is -0.104. The minimum absolute atomic E-state index is 0.610. The fraction of sp³-hybridized carbons (Fsp3) is 0.182. The Morgan fingerprint density at radius 1 is 1.27 bits per heavy atom. The van der Waals surface area contributed by atoms with Gasteiger partial charge in [0.1, 0.15) is 6.29 Å². The maximum absolute atomic E-state index is 10.2. The fourth-order valence-electron chi connectivity index (χ4n) is 1.23. The van der Waals surface area contributed by atoms with E-state index in [2.05, 4.69) is 15.9 Å². The average molecular weight is 271 g/mol. The molecule has 0 radical (unpaired) electrons. The van der Waals surface area contributed by atoms with Crippen molar-refractivity contribution in [3.05, 3.63) is 28.2 Å². The largest absolute Gasteiger partial charge is 0.493 e. The number of halogens is 1. The molecule has 0 amide bonds. The van der Waals surface area contributed by atoms with Gasteiger partial charge in [0, 0.05) is 10.0 Å². The molecule has 3 nitrogen and oxygen atoms in total. The van der Waals surface area contributed by atoms with Crippen molar-refractivity contribution in [2.45, 2.75) is 0 Å². The summed E-state index contributed by atoms with van der Waals surface area (Å²) < 4.78 is 11.2. The standard InChI is InChI=1S/C11H11BrO3/c1-14-10-7-9(12)6-8(4-3-5-13)11(10)15-2/h3-7H,1-2H3/b4-3+. The maximum Gasteiger partial charge on any atom is 0.167 e. The molecule has 0 fully saturated rings. The third kappa shape index (κ3) is 2.83. The van der Waals surface area contributed by atoms with Crippen LogP contribution in [0.25, 0.3) is 6.08 Å². The summed E-state index contributed by atoms with van der Waals surface area (Å²) in [6.45, 7) is 0. The van der Waals surface area contributed by atoms with Gasteiger partial charge in [0.15, 0.2) is 11.5 Å². The highest BCUT2D eigenvalue weighted by molar-refractivity contribution is 9.10. The summed E-state index contributed by atoms with van der Waals surface area (Å²) >= 11 is 3.35. The van der Waals surface area contributed by atoms with Crippen LogP contribution in [0.1, 0.15) is 5.56 Å². The lowest BCUT2D eigenvalue weighted by atomic mass is 10.1. The summed E-state index contributed by atoms with van der Waals surface area (Å²) in [6, 6.07) is 3.65. The predicted octanol–water partition coefficient (Wildman–Crippen LogP) is 2.68. The molecule has 1 rings (SSSR count). The summed E-state index contributed by atoms with van der Waals surface area (Å²) in [6.07, 6.45) is 3.79. The number of carbonyl (C=O) groups is 1. The van der Waals surface area contributed by atoms with Gasteiger partial charge in [0.25, 0.3) is 0 Å². The van der Waals surface area contributed by atoms with E-state index in [4.69, 9.17) is 9.47 Å². The minimum atomic E-state index is 0.610. The summed E-state index contributed by atoms with van der Waals surface area (Å²) in [7, 11) is 3.13. The molecular formula is C11H11BrO3. The highest BCUT2D eigenvalue weighted by atomic mass is 79.9. The molecule has 0 bridgehead atoms. The van der Waals surface area contributed by atoms with E-state index in [1.54, 1.807) is 26.4 Å². The lowest BCUT2D eigenvalue weighted by Gasteiger charge is -2.10. The van der Waals surface area contributed by atoms with Gasteiger partial charge < -0.3 is 9.47 Å². The van der Waals surface area contributed by atoms with E-state index in [0.717, 1.165) is 10.0 Å². The quantitative estimate of drug-likeness (QED) is 0.624. The summed E-state index contributed by atoms with van der Waals surface area (Å²) in [5.41, 5.74) is 0.788. The van der Waals surface area contributed by atoms with Crippen LogP contribution in [-0.4, -0.2) is 20.5 Å². The monoisotopic (exact) mass is 270 g/mol. The molecule has 0 atom stereocenters. The molecule has 0 heterocycles. The number of carbonyl (C=O) groups excluding carboxylic acids is 1. The predicted molar refractivity (Wildman–Crippen MR) is 62.3 cm³/mol. The first-order valence-electron chi connectivity index (χ1n) is 4.26. The highest BCUT2D eigenvalue weighted by Gasteiger charge is 2.09. The lowest BCUT2D eigenvalue weighted by Crippen LogP contribution is -1.93. The van der Waals surface area contributed by atoms with Crippen molar-refractivity contribution in [1.82, 2.24) is 0 Å². The van der Waals surface area contributed by atoms with E-state index in [9.17, 15) is 4.79 Å². The average Bonchev–Trinajstić information content (AvgIpc) is 2.25. The van der Waals surface area contributed by atoms with Gasteiger partial charge in [-0.2, -0.15) is 0 Å². The van der Waals surface area contributed by atoms with Crippen LogP contribution in [0.4, 0.5) is 0 Å². The van der Waals surface area contributed by atoms with Gasteiger partial charge in [-0.1, -0.05) is 15.9 Å². The second-order valence-corrected chi connectivity index (χ2v) is 3.64. The molecule has 80 valence electrons. The second kappa shape index (κ2) is 5.56. The van der Waals surface area contributed by atoms with Crippen LogP contribution in [0.3, 0.4) is 0 Å². The molecule has 4 heteroatoms. The van der Waals surface area contributed by atoms with E-state index >= 15 is 0 Å². The highest BCUT2D eigenvalue weighted by Crippen LogP contribution is 2.35. The van der Waals surface area contributed by atoms with Crippen LogP contribution in [0.5, 0.6) is 11.5 Å². The Bertz CT molecular complexity index is 386. The number of hydrogen-bond donors (Lipinski definition) is 0. The van der Waals surface area contributed by atoms with Crippen molar-refractivity contribution in [2.24, 2.45) is 0 Å². The Morgan fingerprint density at radius 2 is 2.00 bits per heavy atom. The van der Waals surface area contributed by atoms with Gasteiger partial charge in [-0.15, -0.1) is 0 Å². The van der Waals surface area contributed by atoms with Crippen LogP contribution in [0, 0.1) is 0 Å². The zero-order chi connectivity index (χ0) is 11.3. The van der Waals surface area contributed by atoms with Gasteiger partial charge in [0.05, 0.1) is 14.2 Å². The molecule has 0 saturated heterocycles. The van der Waals surface area contributed by atoms with Crippen molar-refractivity contribution < 1.29 is 14.3 Å². The topological polar surface area (TPSA) is 35.5 Å². The van der Waals surface area contributed by atoms with Crippen LogP contribution in [-0.2, 0) is 4.79 Å². The van der Waals surface area contributed by atoms with Gasteiger partial charge in [-0.3, -0.25) is 4.79 Å². The normalized spacial score (nSPS) is 10.3. The van der Waals surface area contributed by atoms with Gasteiger partial charge in [-0.25, -0.2) is 0 Å². The Morgan fingerprint density at radius 3 is 2.53 bits per heavy atom. The number of aldehydes is 1. The Hall–Kier alpha value is -1.29. The first-order valence-corrected chi connectivity index (χ1v) is 5.05. The molecule has 0 aliphatic carbocycles. The maximum atomic E-state index is 10.2. The smallest absolute Gasteiger partial charge is 0.167 e. The molecule has 1 aromatic rings. The number of methoxy groups -OCH3 is 2. The summed E-state index contributed by atoms with van der Waals surface area (Å²) in [5.74, 6) is 1.23. The van der Waals surface area contributed by atoms with Crippen LogP contribution in [0.2, 0.25) is 0 Å². The molecule has 1 aromatic carbocycles. The third-order valence-electron chi connectivity index (χ3n) is 1.83. The van der Waals surface area contributed by atoms with Crippen molar-refractivity contribution in [2.75, 3.05) is 14.2 Å². The van der Waals surface area contributed by atoms with Crippen LogP contribution >= 0.6 is 15.9 Å². The molecule has 0 saturated carbocycles. The first kappa shape index (κ1) is 11.8. The van der Waals surface area contributed by atoms with Gasteiger partial charge >= 0.3 is 0 Å². The zero-order valence-electron chi connectivity index (χ0n) is 8.49. The van der Waals surface area contributed by atoms with Crippen molar-refractivity contribution in [1.29, 1.82) is 0 Å². The molecule has 0 aliphatic rings. The Kier molecular flexibility index (Phi) is 4.37. The molecule has 0 aliphatic heterocycles. The number of rotatable bonds is 4. The van der Waals surface area contributed by atoms with E-state index in [0.29, 0.717) is 17.8 Å². The number of ether oxygens (including phenoxy) is 2. The van der Waals surface area contributed by atoms with Crippen LogP contribution < -0.4 is 9.47 Å². The van der Waals surface area contributed by atoms with Crippen molar-refractivity contribution >= 4 is 28.3 Å². The zero-order valence-corrected chi connectivity index (χ0v) is 10.1. The van der Waals surface area contributed by atoms with Crippen molar-refractivity contribution in [3.63, 3.8) is 0 Å². The third-order valence-corrected chi connectivity index (χ3v) is 2.28. The van der Waals surface area contributed by atoms with E-state index in [-0.39, 0.29) is 0 Å². The van der Waals surface area contributed by atoms with Crippen molar-refractivity contribution in [3.8, 4) is 11.5 Å². The van der Waals surface area contributed by atoms with Gasteiger partial charge in [-0.05, 0) is 24.3 Å². The first-order chi connectivity index (χ1) is 7.22. The van der Waals surface area contributed by atoms with Crippen LogP contribution in [0.15, 0.2) is 22.7 Å². The Balaban J connectivity index is 3.27.